The number of hydrogen-bond donors (Lipinski definition) is 3. The summed E-state index contributed by atoms with van der Waals surface area (Å²) in [6.45, 7) is 13.5. The maximum atomic E-state index is 6.02. The number of nitrogens with two attached hydrogens (primary N) is 2. The SMILES string of the molecule is CC(C)=CCN1CCCc2cc(OCCCCNCCN(CCN)CCN)ccc21. The summed E-state index contributed by atoms with van der Waals surface area (Å²) in [7, 11) is 0. The van der Waals surface area contributed by atoms with E-state index in [1.54, 1.807) is 0 Å². The van der Waals surface area contributed by atoms with Crippen molar-refractivity contribution < 1.29 is 4.74 Å². The highest BCUT2D eigenvalue weighted by Crippen LogP contribution is 2.30. The molecule has 1 aliphatic rings. The van der Waals surface area contributed by atoms with Crippen LogP contribution in [0.1, 0.15) is 38.7 Å². The van der Waals surface area contributed by atoms with Gasteiger partial charge in [0.05, 0.1) is 6.61 Å². The lowest BCUT2D eigenvalue weighted by molar-refractivity contribution is 0.284. The Labute approximate surface area is 183 Å². The second-order valence-electron chi connectivity index (χ2n) is 8.35. The standard InChI is InChI=1S/C24H43N5O/c1-21(2)9-15-29-14-5-6-22-20-23(7-8-24(22)29)30-19-4-3-12-27-13-18-28(16-10-25)17-11-26/h7-9,20,27H,3-6,10-19,25-26H2,1-2H3. The predicted octanol–water partition coefficient (Wildman–Crippen LogP) is 2.37. The van der Waals surface area contributed by atoms with Crippen LogP contribution in [0.4, 0.5) is 5.69 Å². The molecule has 0 atom stereocenters. The first-order valence-electron chi connectivity index (χ1n) is 11.6. The molecule has 0 fully saturated rings. The van der Waals surface area contributed by atoms with E-state index in [2.05, 4.69) is 53.2 Å². The van der Waals surface area contributed by atoms with Crippen molar-refractivity contribution in [2.75, 3.05) is 70.4 Å². The summed E-state index contributed by atoms with van der Waals surface area (Å²) in [6, 6.07) is 6.60. The minimum Gasteiger partial charge on any atom is -0.494 e. The van der Waals surface area contributed by atoms with E-state index in [9.17, 15) is 0 Å². The van der Waals surface area contributed by atoms with Gasteiger partial charge in [-0.3, -0.25) is 4.90 Å². The smallest absolute Gasteiger partial charge is 0.119 e. The molecule has 1 aromatic carbocycles. The first-order valence-corrected chi connectivity index (χ1v) is 11.6. The van der Waals surface area contributed by atoms with E-state index in [4.69, 9.17) is 16.2 Å². The summed E-state index contributed by atoms with van der Waals surface area (Å²) in [4.78, 5) is 4.79. The lowest BCUT2D eigenvalue weighted by Gasteiger charge is -2.31. The number of unbranched alkanes of at least 4 members (excludes halogenated alkanes) is 1. The third kappa shape index (κ3) is 9.04. The van der Waals surface area contributed by atoms with Crippen molar-refractivity contribution in [3.63, 3.8) is 0 Å². The van der Waals surface area contributed by atoms with Gasteiger partial charge in [0, 0.05) is 58.0 Å². The highest BCUT2D eigenvalue weighted by Gasteiger charge is 2.16. The first kappa shape index (κ1) is 24.7. The van der Waals surface area contributed by atoms with E-state index in [0.29, 0.717) is 13.1 Å². The normalized spacial score (nSPS) is 13.4. The van der Waals surface area contributed by atoms with Gasteiger partial charge in [-0.2, -0.15) is 0 Å². The van der Waals surface area contributed by atoms with Crippen molar-refractivity contribution in [2.24, 2.45) is 11.5 Å². The fourth-order valence-corrected chi connectivity index (χ4v) is 3.83. The van der Waals surface area contributed by atoms with Gasteiger partial charge in [-0.1, -0.05) is 11.6 Å². The molecule has 0 bridgehead atoms. The molecule has 6 nitrogen and oxygen atoms in total. The number of rotatable bonds is 15. The maximum absolute atomic E-state index is 6.02. The zero-order valence-corrected chi connectivity index (χ0v) is 19.2. The Morgan fingerprint density at radius 1 is 1.13 bits per heavy atom. The summed E-state index contributed by atoms with van der Waals surface area (Å²) < 4.78 is 6.02. The van der Waals surface area contributed by atoms with Crippen LogP contribution in [0.3, 0.4) is 0 Å². The van der Waals surface area contributed by atoms with E-state index in [1.807, 2.05) is 0 Å². The molecule has 5 N–H and O–H groups in total. The van der Waals surface area contributed by atoms with Gasteiger partial charge in [-0.05, 0) is 69.8 Å². The second kappa shape index (κ2) is 14.4. The molecule has 0 amide bonds. The van der Waals surface area contributed by atoms with Crippen LogP contribution in [0.2, 0.25) is 0 Å². The third-order valence-electron chi connectivity index (χ3n) is 5.50. The summed E-state index contributed by atoms with van der Waals surface area (Å²) in [5, 5.41) is 3.51. The fraction of sp³-hybridized carbons (Fsp3) is 0.667. The van der Waals surface area contributed by atoms with Crippen molar-refractivity contribution in [3.05, 3.63) is 35.4 Å². The highest BCUT2D eigenvalue weighted by molar-refractivity contribution is 5.58. The van der Waals surface area contributed by atoms with Crippen LogP contribution in [0, 0.1) is 0 Å². The molecule has 1 heterocycles. The predicted molar refractivity (Wildman–Crippen MR) is 129 cm³/mol. The molecule has 30 heavy (non-hydrogen) atoms. The lowest BCUT2D eigenvalue weighted by Crippen LogP contribution is -2.38. The van der Waals surface area contributed by atoms with Gasteiger partial charge in [0.2, 0.25) is 0 Å². The maximum Gasteiger partial charge on any atom is 0.119 e. The van der Waals surface area contributed by atoms with Crippen LogP contribution in [0.5, 0.6) is 5.75 Å². The summed E-state index contributed by atoms with van der Waals surface area (Å²) >= 11 is 0. The Morgan fingerprint density at radius 3 is 2.67 bits per heavy atom. The minimum absolute atomic E-state index is 0.688. The van der Waals surface area contributed by atoms with Gasteiger partial charge in [0.25, 0.3) is 0 Å². The second-order valence-corrected chi connectivity index (χ2v) is 8.35. The zero-order chi connectivity index (χ0) is 21.6. The molecule has 0 saturated carbocycles. The van der Waals surface area contributed by atoms with Crippen molar-refractivity contribution in [3.8, 4) is 5.75 Å². The number of ether oxygens (including phenoxy) is 1. The van der Waals surface area contributed by atoms with Crippen LogP contribution in [0.25, 0.3) is 0 Å². The Balaban J connectivity index is 1.63. The molecule has 1 aromatic rings. The van der Waals surface area contributed by atoms with Gasteiger partial charge in [0.1, 0.15) is 5.75 Å². The van der Waals surface area contributed by atoms with Gasteiger partial charge in [0.15, 0.2) is 0 Å². The molecule has 170 valence electrons. The average molecular weight is 418 g/mol. The Morgan fingerprint density at radius 2 is 1.93 bits per heavy atom. The number of aryl methyl sites for hydroxylation is 1. The molecule has 2 rings (SSSR count). The lowest BCUT2D eigenvalue weighted by atomic mass is 10.0. The number of fused-ring (bicyclic) bond motifs is 1. The number of nitrogens with one attached hydrogen (secondary N) is 1. The van der Waals surface area contributed by atoms with Gasteiger partial charge in [-0.15, -0.1) is 0 Å². The fourth-order valence-electron chi connectivity index (χ4n) is 3.83. The van der Waals surface area contributed by atoms with Gasteiger partial charge >= 0.3 is 0 Å². The Bertz CT molecular complexity index is 624. The largest absolute Gasteiger partial charge is 0.494 e. The van der Waals surface area contributed by atoms with Crippen LogP contribution in [-0.2, 0) is 6.42 Å². The Kier molecular flexibility index (Phi) is 11.9. The van der Waals surface area contributed by atoms with Gasteiger partial charge < -0.3 is 26.4 Å². The van der Waals surface area contributed by atoms with Crippen molar-refractivity contribution in [1.82, 2.24) is 10.2 Å². The van der Waals surface area contributed by atoms with Crippen molar-refractivity contribution >= 4 is 5.69 Å². The third-order valence-corrected chi connectivity index (χ3v) is 5.50. The molecule has 0 aliphatic carbocycles. The van der Waals surface area contributed by atoms with E-state index in [-0.39, 0.29) is 0 Å². The molecule has 0 unspecified atom stereocenters. The monoisotopic (exact) mass is 417 g/mol. The van der Waals surface area contributed by atoms with E-state index < -0.39 is 0 Å². The molecule has 0 saturated heterocycles. The number of anilines is 1. The number of hydrogen-bond acceptors (Lipinski definition) is 6. The minimum atomic E-state index is 0.688. The van der Waals surface area contributed by atoms with Crippen LogP contribution >= 0.6 is 0 Å². The molecular formula is C24H43N5O. The summed E-state index contributed by atoms with van der Waals surface area (Å²) in [5.74, 6) is 1.00. The van der Waals surface area contributed by atoms with E-state index in [0.717, 1.165) is 77.4 Å². The van der Waals surface area contributed by atoms with E-state index >= 15 is 0 Å². The van der Waals surface area contributed by atoms with Crippen molar-refractivity contribution in [1.29, 1.82) is 0 Å². The summed E-state index contributed by atoms with van der Waals surface area (Å²) in [5.41, 5.74) is 15.4. The molecular weight excluding hydrogens is 374 g/mol. The van der Waals surface area contributed by atoms with Gasteiger partial charge in [-0.25, -0.2) is 0 Å². The van der Waals surface area contributed by atoms with Crippen LogP contribution in [-0.4, -0.2) is 70.4 Å². The topological polar surface area (TPSA) is 79.8 Å². The van der Waals surface area contributed by atoms with E-state index in [1.165, 1.54) is 23.2 Å². The van der Waals surface area contributed by atoms with Crippen LogP contribution < -0.4 is 26.4 Å². The quantitative estimate of drug-likeness (QED) is 0.300. The number of allylic oxidation sites excluding steroid dienone is 1. The Hall–Kier alpha value is -1.60. The molecule has 1 aliphatic heterocycles. The number of benzene rings is 1. The zero-order valence-electron chi connectivity index (χ0n) is 19.2. The number of nitrogens with zero attached hydrogens (tertiary/aromatic N) is 2. The molecule has 0 aromatic heterocycles. The summed E-state index contributed by atoms with van der Waals surface area (Å²) in [6.07, 6.45) is 6.85. The molecule has 0 spiro atoms. The molecule has 6 heteroatoms. The average Bonchev–Trinajstić information content (AvgIpc) is 2.74. The first-order chi connectivity index (χ1) is 14.6. The molecule has 0 radical (unpaired) electrons. The van der Waals surface area contributed by atoms with Crippen molar-refractivity contribution in [2.45, 2.75) is 39.5 Å². The van der Waals surface area contributed by atoms with Crippen LogP contribution in [0.15, 0.2) is 29.8 Å². The highest BCUT2D eigenvalue weighted by atomic mass is 16.5.